The zero-order valence-electron chi connectivity index (χ0n) is 14.7. The van der Waals surface area contributed by atoms with Crippen molar-refractivity contribution in [3.05, 3.63) is 29.8 Å². The van der Waals surface area contributed by atoms with Crippen molar-refractivity contribution in [3.8, 4) is 5.75 Å². The molecule has 0 atom stereocenters. The maximum absolute atomic E-state index is 11.9. The smallest absolute Gasteiger partial charge is 0.410 e. The standard InChI is InChI=1S/C16H26N6O2/c1-5-21(6-2)16(23)24-13-9-7-12(8-10-13)11-22(14(17)18)15(19)20(3)4/h7-10,19H,5-6,11H2,1-4H3,(H3,17,18). The SMILES string of the molecule is CCN(CC)C(=O)Oc1ccc(CN(C(=N)N)C(=N)N(C)C)cc1. The number of hydrogen-bond donors (Lipinski definition) is 3. The molecule has 0 aliphatic heterocycles. The lowest BCUT2D eigenvalue weighted by atomic mass is 10.2. The Hall–Kier alpha value is -2.77. The first-order valence-corrected chi connectivity index (χ1v) is 7.73. The fraction of sp³-hybridized carbons (Fsp3) is 0.438. The summed E-state index contributed by atoms with van der Waals surface area (Å²) in [7, 11) is 3.43. The van der Waals surface area contributed by atoms with Crippen molar-refractivity contribution in [2.24, 2.45) is 5.73 Å². The number of guanidine groups is 2. The van der Waals surface area contributed by atoms with Crippen LogP contribution in [0.4, 0.5) is 4.79 Å². The van der Waals surface area contributed by atoms with Gasteiger partial charge in [-0.15, -0.1) is 0 Å². The summed E-state index contributed by atoms with van der Waals surface area (Å²) in [6.45, 7) is 5.26. The van der Waals surface area contributed by atoms with Crippen molar-refractivity contribution in [3.63, 3.8) is 0 Å². The van der Waals surface area contributed by atoms with E-state index >= 15 is 0 Å². The average Bonchev–Trinajstić information content (AvgIpc) is 2.54. The number of benzene rings is 1. The maximum atomic E-state index is 11.9. The molecule has 1 aromatic rings. The quantitative estimate of drug-likeness (QED) is 0.561. The molecule has 0 aromatic heterocycles. The lowest BCUT2D eigenvalue weighted by Gasteiger charge is -2.27. The van der Waals surface area contributed by atoms with Gasteiger partial charge in [-0.05, 0) is 31.5 Å². The molecule has 1 rings (SSSR count). The molecule has 0 saturated heterocycles. The van der Waals surface area contributed by atoms with Crippen LogP contribution in [-0.4, -0.2) is 59.9 Å². The number of ether oxygens (including phenoxy) is 1. The largest absolute Gasteiger partial charge is 0.415 e. The molecule has 0 aliphatic carbocycles. The summed E-state index contributed by atoms with van der Waals surface area (Å²) in [5, 5.41) is 15.6. The van der Waals surface area contributed by atoms with Gasteiger partial charge in [0.25, 0.3) is 0 Å². The molecule has 0 fully saturated rings. The second-order valence-electron chi connectivity index (χ2n) is 5.37. The molecule has 24 heavy (non-hydrogen) atoms. The minimum absolute atomic E-state index is 0.125. The number of amides is 1. The molecule has 1 amide bonds. The molecule has 8 heteroatoms. The number of carbonyl (C=O) groups is 1. The molecule has 0 spiro atoms. The van der Waals surface area contributed by atoms with Crippen LogP contribution in [0.3, 0.4) is 0 Å². The molecule has 0 bridgehead atoms. The van der Waals surface area contributed by atoms with Crippen LogP contribution in [0.1, 0.15) is 19.4 Å². The van der Waals surface area contributed by atoms with Crippen LogP contribution < -0.4 is 10.5 Å². The van der Waals surface area contributed by atoms with Crippen LogP contribution >= 0.6 is 0 Å². The van der Waals surface area contributed by atoms with E-state index in [0.29, 0.717) is 18.8 Å². The Bertz CT molecular complexity index is 581. The average molecular weight is 334 g/mol. The highest BCUT2D eigenvalue weighted by Crippen LogP contribution is 2.15. The van der Waals surface area contributed by atoms with E-state index in [1.54, 1.807) is 48.2 Å². The van der Waals surface area contributed by atoms with E-state index in [9.17, 15) is 4.79 Å². The lowest BCUT2D eigenvalue weighted by molar-refractivity contribution is 0.157. The van der Waals surface area contributed by atoms with E-state index in [0.717, 1.165) is 5.56 Å². The van der Waals surface area contributed by atoms with Crippen molar-refractivity contribution in [2.45, 2.75) is 20.4 Å². The number of nitrogens with zero attached hydrogens (tertiary/aromatic N) is 3. The Morgan fingerprint density at radius 1 is 1.12 bits per heavy atom. The molecular weight excluding hydrogens is 308 g/mol. The van der Waals surface area contributed by atoms with Gasteiger partial charge < -0.3 is 20.3 Å². The van der Waals surface area contributed by atoms with Crippen LogP contribution in [-0.2, 0) is 6.54 Å². The lowest BCUT2D eigenvalue weighted by Crippen LogP contribution is -2.46. The number of rotatable bonds is 5. The number of carbonyl (C=O) groups excluding carboxylic acids is 1. The van der Waals surface area contributed by atoms with Gasteiger partial charge in [-0.1, -0.05) is 12.1 Å². The predicted octanol–water partition coefficient (Wildman–Crippen LogP) is 1.72. The third-order valence-corrected chi connectivity index (χ3v) is 3.46. The molecule has 4 N–H and O–H groups in total. The Morgan fingerprint density at radius 3 is 2.08 bits per heavy atom. The van der Waals surface area contributed by atoms with Gasteiger partial charge in [0.2, 0.25) is 0 Å². The first-order valence-electron chi connectivity index (χ1n) is 7.73. The molecular formula is C16H26N6O2. The highest BCUT2D eigenvalue weighted by molar-refractivity contribution is 5.94. The van der Waals surface area contributed by atoms with Crippen LogP contribution in [0.5, 0.6) is 5.75 Å². The monoisotopic (exact) mass is 334 g/mol. The fourth-order valence-electron chi connectivity index (χ4n) is 2.01. The first kappa shape index (κ1) is 19.3. The third kappa shape index (κ3) is 5.15. The van der Waals surface area contributed by atoms with E-state index in [4.69, 9.17) is 21.3 Å². The van der Waals surface area contributed by atoms with Gasteiger partial charge in [-0.2, -0.15) is 0 Å². The normalized spacial score (nSPS) is 10.0. The van der Waals surface area contributed by atoms with Gasteiger partial charge in [0.05, 0.1) is 6.54 Å². The van der Waals surface area contributed by atoms with E-state index < -0.39 is 0 Å². The van der Waals surface area contributed by atoms with Crippen LogP contribution in [0.15, 0.2) is 24.3 Å². The van der Waals surface area contributed by atoms with Gasteiger partial charge in [0.1, 0.15) is 5.75 Å². The Balaban J connectivity index is 2.78. The summed E-state index contributed by atoms with van der Waals surface area (Å²) in [6.07, 6.45) is -0.382. The van der Waals surface area contributed by atoms with Crippen LogP contribution in [0, 0.1) is 10.8 Å². The van der Waals surface area contributed by atoms with Crippen molar-refractivity contribution in [1.29, 1.82) is 10.8 Å². The molecule has 0 aliphatic rings. The molecule has 0 saturated carbocycles. The van der Waals surface area contributed by atoms with E-state index in [1.807, 2.05) is 13.8 Å². The van der Waals surface area contributed by atoms with E-state index in [1.165, 1.54) is 4.90 Å². The van der Waals surface area contributed by atoms with Gasteiger partial charge in [-0.3, -0.25) is 15.7 Å². The van der Waals surface area contributed by atoms with Crippen molar-refractivity contribution >= 4 is 18.0 Å². The van der Waals surface area contributed by atoms with Crippen molar-refractivity contribution in [2.75, 3.05) is 27.2 Å². The summed E-state index contributed by atoms with van der Waals surface area (Å²) >= 11 is 0. The number of nitrogens with one attached hydrogen (secondary N) is 2. The Kier molecular flexibility index (Phi) is 7.03. The molecule has 0 unspecified atom stereocenters. The second kappa shape index (κ2) is 8.76. The molecule has 8 nitrogen and oxygen atoms in total. The summed E-state index contributed by atoms with van der Waals surface area (Å²) in [6, 6.07) is 6.94. The zero-order chi connectivity index (χ0) is 18.3. The van der Waals surface area contributed by atoms with Gasteiger partial charge in [0, 0.05) is 27.2 Å². The molecule has 0 heterocycles. The topological polar surface area (TPSA) is 110 Å². The third-order valence-electron chi connectivity index (χ3n) is 3.46. The minimum Gasteiger partial charge on any atom is -0.410 e. The summed E-state index contributed by atoms with van der Waals surface area (Å²) in [4.78, 5) is 16.4. The molecule has 132 valence electrons. The Morgan fingerprint density at radius 2 is 1.67 bits per heavy atom. The first-order chi connectivity index (χ1) is 11.3. The van der Waals surface area contributed by atoms with E-state index in [2.05, 4.69) is 0 Å². The number of hydrogen-bond acceptors (Lipinski definition) is 4. The van der Waals surface area contributed by atoms with E-state index in [-0.39, 0.29) is 24.6 Å². The van der Waals surface area contributed by atoms with Crippen LogP contribution in [0.2, 0.25) is 0 Å². The summed E-state index contributed by atoms with van der Waals surface area (Å²) in [5.74, 6) is 0.373. The maximum Gasteiger partial charge on any atom is 0.415 e. The zero-order valence-corrected chi connectivity index (χ0v) is 14.7. The summed E-state index contributed by atoms with van der Waals surface area (Å²) in [5.41, 5.74) is 6.40. The summed E-state index contributed by atoms with van der Waals surface area (Å²) < 4.78 is 5.31. The fourth-order valence-corrected chi connectivity index (χ4v) is 2.01. The molecule has 0 radical (unpaired) electrons. The van der Waals surface area contributed by atoms with Gasteiger partial charge in [0.15, 0.2) is 11.9 Å². The Labute approximate surface area is 142 Å². The second-order valence-corrected chi connectivity index (χ2v) is 5.37. The number of nitrogens with two attached hydrogens (primary N) is 1. The molecule has 1 aromatic carbocycles. The highest BCUT2D eigenvalue weighted by atomic mass is 16.6. The van der Waals surface area contributed by atoms with Crippen LogP contribution in [0.25, 0.3) is 0 Å². The predicted molar refractivity (Wildman–Crippen MR) is 94.3 cm³/mol. The highest BCUT2D eigenvalue weighted by Gasteiger charge is 2.16. The van der Waals surface area contributed by atoms with Gasteiger partial charge in [-0.25, -0.2) is 4.79 Å². The minimum atomic E-state index is -0.382. The van der Waals surface area contributed by atoms with Crippen molar-refractivity contribution < 1.29 is 9.53 Å². The van der Waals surface area contributed by atoms with Gasteiger partial charge >= 0.3 is 6.09 Å². The van der Waals surface area contributed by atoms with Crippen molar-refractivity contribution in [1.82, 2.24) is 14.7 Å².